The molecule has 2 fully saturated rings. The third kappa shape index (κ3) is 3.65. The number of nitrogens with one attached hydrogen (secondary N) is 1. The van der Waals surface area contributed by atoms with Crippen molar-refractivity contribution in [3.63, 3.8) is 0 Å². The van der Waals surface area contributed by atoms with Crippen LogP contribution in [0.15, 0.2) is 36.7 Å². The van der Waals surface area contributed by atoms with Gasteiger partial charge in [-0.25, -0.2) is 9.97 Å². The summed E-state index contributed by atoms with van der Waals surface area (Å²) < 4.78 is 2.08. The Hall–Kier alpha value is -2.73. The van der Waals surface area contributed by atoms with Crippen LogP contribution in [0, 0.1) is 12.8 Å². The predicted octanol–water partition coefficient (Wildman–Crippen LogP) is 3.76. The number of aromatic nitrogens is 3. The number of aryl methyl sites for hydroxylation is 1. The average Bonchev–Trinajstić information content (AvgIpc) is 3.53. The van der Waals surface area contributed by atoms with E-state index < -0.39 is 0 Å². The van der Waals surface area contributed by atoms with Gasteiger partial charge in [0.05, 0.1) is 11.9 Å². The fourth-order valence-electron chi connectivity index (χ4n) is 4.33. The monoisotopic (exact) mass is 389 g/mol. The molecule has 5 rings (SSSR count). The van der Waals surface area contributed by atoms with Crippen LogP contribution in [0.1, 0.15) is 31.5 Å². The molecule has 2 aromatic heterocycles. The molecule has 150 valence electrons. The lowest BCUT2D eigenvalue weighted by atomic mass is 9.96. The number of rotatable bonds is 4. The van der Waals surface area contributed by atoms with Crippen molar-refractivity contribution >= 4 is 22.5 Å². The van der Waals surface area contributed by atoms with Gasteiger partial charge in [0.15, 0.2) is 0 Å². The Morgan fingerprint density at radius 2 is 1.83 bits per heavy atom. The molecule has 6 nitrogen and oxygen atoms in total. The second kappa shape index (κ2) is 7.26. The van der Waals surface area contributed by atoms with Gasteiger partial charge < -0.3 is 14.8 Å². The summed E-state index contributed by atoms with van der Waals surface area (Å²) in [6.45, 7) is 4.08. The number of carbonyl (C=O) groups is 1. The maximum atomic E-state index is 12.8. The number of anilines is 1. The highest BCUT2D eigenvalue weighted by Crippen LogP contribution is 2.31. The summed E-state index contributed by atoms with van der Waals surface area (Å²) in [5, 5.41) is 5.18. The summed E-state index contributed by atoms with van der Waals surface area (Å²) in [4.78, 5) is 24.1. The topological polar surface area (TPSA) is 63.1 Å². The highest BCUT2D eigenvalue weighted by Gasteiger charge is 2.33. The first-order valence-corrected chi connectivity index (χ1v) is 10.5. The zero-order chi connectivity index (χ0) is 20.0. The van der Waals surface area contributed by atoms with Crippen LogP contribution in [0.25, 0.3) is 22.0 Å². The summed E-state index contributed by atoms with van der Waals surface area (Å²) in [7, 11) is 2.02. The lowest BCUT2D eigenvalue weighted by Crippen LogP contribution is -2.39. The minimum absolute atomic E-state index is 0.0891. The molecule has 0 bridgehead atoms. The summed E-state index contributed by atoms with van der Waals surface area (Å²) in [6, 6.07) is 9.06. The van der Waals surface area contributed by atoms with E-state index in [2.05, 4.69) is 43.0 Å². The number of likely N-dealkylation sites (tertiary alicyclic amines) is 1. The van der Waals surface area contributed by atoms with Crippen LogP contribution in [-0.4, -0.2) is 44.5 Å². The molecule has 6 heteroatoms. The second-order valence-electron chi connectivity index (χ2n) is 8.41. The number of benzene rings is 1. The minimum Gasteiger partial charge on any atom is -0.331 e. The summed E-state index contributed by atoms with van der Waals surface area (Å²) in [6.07, 6.45) is 8.28. The van der Waals surface area contributed by atoms with Crippen molar-refractivity contribution in [2.24, 2.45) is 13.0 Å². The Kier molecular flexibility index (Phi) is 4.59. The molecule has 1 amide bonds. The number of piperidine rings is 1. The lowest BCUT2D eigenvalue weighted by molar-refractivity contribution is -0.121. The number of hydrogen-bond acceptors (Lipinski definition) is 4. The molecule has 1 saturated carbocycles. The Morgan fingerprint density at radius 1 is 1.03 bits per heavy atom. The van der Waals surface area contributed by atoms with Crippen molar-refractivity contribution in [3.05, 3.63) is 42.5 Å². The summed E-state index contributed by atoms with van der Waals surface area (Å²) in [5.74, 6) is 1.80. The van der Waals surface area contributed by atoms with Crippen molar-refractivity contribution in [2.45, 2.75) is 38.6 Å². The smallest absolute Gasteiger partial charge is 0.228 e. The largest absolute Gasteiger partial charge is 0.331 e. The third-order valence-electron chi connectivity index (χ3n) is 6.45. The molecule has 29 heavy (non-hydrogen) atoms. The van der Waals surface area contributed by atoms with E-state index in [9.17, 15) is 4.79 Å². The van der Waals surface area contributed by atoms with Crippen LogP contribution < -0.4 is 5.32 Å². The zero-order valence-corrected chi connectivity index (χ0v) is 17.1. The Morgan fingerprint density at radius 3 is 2.52 bits per heavy atom. The van der Waals surface area contributed by atoms with E-state index in [-0.39, 0.29) is 11.8 Å². The first-order chi connectivity index (χ1) is 14.1. The summed E-state index contributed by atoms with van der Waals surface area (Å²) >= 11 is 0. The van der Waals surface area contributed by atoms with Crippen molar-refractivity contribution in [3.8, 4) is 11.3 Å². The number of nitrogens with zero attached hydrogens (tertiary/aromatic N) is 4. The van der Waals surface area contributed by atoms with Gasteiger partial charge in [0, 0.05) is 36.2 Å². The van der Waals surface area contributed by atoms with Crippen molar-refractivity contribution in [1.29, 1.82) is 0 Å². The van der Waals surface area contributed by atoms with E-state index in [1.54, 1.807) is 0 Å². The van der Waals surface area contributed by atoms with Gasteiger partial charge in [0.2, 0.25) is 5.91 Å². The molecule has 1 N–H and O–H groups in total. The van der Waals surface area contributed by atoms with Gasteiger partial charge in [-0.3, -0.25) is 4.79 Å². The Balaban J connectivity index is 1.32. The maximum Gasteiger partial charge on any atom is 0.228 e. The number of hydrogen-bond donors (Lipinski definition) is 1. The molecule has 1 aliphatic carbocycles. The lowest BCUT2D eigenvalue weighted by Gasteiger charge is -2.31. The van der Waals surface area contributed by atoms with E-state index in [4.69, 9.17) is 0 Å². The van der Waals surface area contributed by atoms with Crippen LogP contribution in [0.5, 0.6) is 0 Å². The fraction of sp³-hybridized carbons (Fsp3) is 0.435. The molecule has 3 aromatic rings. The third-order valence-corrected chi connectivity index (χ3v) is 6.45. The van der Waals surface area contributed by atoms with Gasteiger partial charge in [-0.15, -0.1) is 0 Å². The average molecular weight is 390 g/mol. The van der Waals surface area contributed by atoms with E-state index in [0.717, 1.165) is 59.8 Å². The van der Waals surface area contributed by atoms with Gasteiger partial charge in [-0.2, -0.15) is 0 Å². The highest BCUT2D eigenvalue weighted by molar-refractivity contribution is 5.95. The van der Waals surface area contributed by atoms with Crippen LogP contribution in [0.3, 0.4) is 0 Å². The normalized spacial score (nSPS) is 18.3. The quantitative estimate of drug-likeness (QED) is 0.738. The standard InChI is InChI=1S/C23H27N5O/c1-15-24-14-21(27(15)2)17-3-4-18-13-25-22(12-19(18)11-17)26-23(29)16-7-9-28(10-8-16)20-5-6-20/h3-4,11-14,16,20H,5-10H2,1-2H3,(H,25,26,29). The second-order valence-corrected chi connectivity index (χ2v) is 8.41. The molecule has 0 spiro atoms. The van der Waals surface area contributed by atoms with Gasteiger partial charge >= 0.3 is 0 Å². The fourth-order valence-corrected chi connectivity index (χ4v) is 4.33. The van der Waals surface area contributed by atoms with Crippen molar-refractivity contribution in [2.75, 3.05) is 18.4 Å². The Labute approximate surface area is 171 Å². The van der Waals surface area contributed by atoms with E-state index in [1.165, 1.54) is 12.8 Å². The van der Waals surface area contributed by atoms with Gasteiger partial charge in [0.1, 0.15) is 11.6 Å². The molecule has 0 unspecified atom stereocenters. The molecular weight excluding hydrogens is 362 g/mol. The molecule has 1 saturated heterocycles. The van der Waals surface area contributed by atoms with Crippen LogP contribution in [-0.2, 0) is 11.8 Å². The molecular formula is C23H27N5O. The Bertz CT molecular complexity index is 1060. The molecule has 0 atom stereocenters. The molecule has 0 radical (unpaired) electrons. The van der Waals surface area contributed by atoms with E-state index in [1.807, 2.05) is 32.4 Å². The molecule has 1 aromatic carbocycles. The maximum absolute atomic E-state index is 12.8. The van der Waals surface area contributed by atoms with E-state index in [0.29, 0.717) is 5.82 Å². The van der Waals surface area contributed by atoms with E-state index >= 15 is 0 Å². The van der Waals surface area contributed by atoms with Gasteiger partial charge in [-0.05, 0) is 63.2 Å². The molecule has 2 aliphatic rings. The molecule has 1 aliphatic heterocycles. The van der Waals surface area contributed by atoms with Crippen molar-refractivity contribution < 1.29 is 4.79 Å². The molecule has 3 heterocycles. The minimum atomic E-state index is 0.0891. The van der Waals surface area contributed by atoms with Gasteiger partial charge in [-0.1, -0.05) is 12.1 Å². The zero-order valence-electron chi connectivity index (χ0n) is 17.1. The number of pyridine rings is 1. The number of imidazole rings is 1. The predicted molar refractivity (Wildman–Crippen MR) is 115 cm³/mol. The first-order valence-electron chi connectivity index (χ1n) is 10.5. The van der Waals surface area contributed by atoms with Crippen LogP contribution in [0.4, 0.5) is 5.82 Å². The van der Waals surface area contributed by atoms with Gasteiger partial charge in [0.25, 0.3) is 0 Å². The van der Waals surface area contributed by atoms with Crippen LogP contribution in [0.2, 0.25) is 0 Å². The van der Waals surface area contributed by atoms with Crippen LogP contribution >= 0.6 is 0 Å². The number of fused-ring (bicyclic) bond motifs is 1. The highest BCUT2D eigenvalue weighted by atomic mass is 16.1. The first kappa shape index (κ1) is 18.3. The SMILES string of the molecule is Cc1ncc(-c2ccc3cnc(NC(=O)C4CCN(C5CC5)CC4)cc3c2)n1C. The number of amides is 1. The summed E-state index contributed by atoms with van der Waals surface area (Å²) in [5.41, 5.74) is 2.19. The number of carbonyl (C=O) groups excluding carboxylic acids is 1. The van der Waals surface area contributed by atoms with Crippen molar-refractivity contribution in [1.82, 2.24) is 19.4 Å².